The lowest BCUT2D eigenvalue weighted by molar-refractivity contribution is -0.206. The Hall–Kier alpha value is -2.78. The fourth-order valence-electron chi connectivity index (χ4n) is 6.03. The van der Waals surface area contributed by atoms with Gasteiger partial charge in [-0.15, -0.1) is 16.4 Å². The highest BCUT2D eigenvalue weighted by atomic mass is 32.1. The van der Waals surface area contributed by atoms with E-state index in [1.54, 1.807) is 47.8 Å². The number of aliphatic hydroxyl groups excluding tert-OH is 1. The van der Waals surface area contributed by atoms with Gasteiger partial charge in [0.1, 0.15) is 5.75 Å². The molecule has 0 amide bonds. The molecule has 3 aromatic rings. The smallest absolute Gasteiger partial charge is 0.358 e. The predicted molar refractivity (Wildman–Crippen MR) is 146 cm³/mol. The Kier molecular flexibility index (Phi) is 8.43. The van der Waals surface area contributed by atoms with Gasteiger partial charge in [-0.25, -0.2) is 4.79 Å². The summed E-state index contributed by atoms with van der Waals surface area (Å²) in [5.41, 5.74) is 1.28. The molecule has 0 bridgehead atoms. The normalized spacial score (nSPS) is 21.4. The molecule has 0 radical (unpaired) electrons. The molecule has 1 aliphatic carbocycles. The van der Waals surface area contributed by atoms with Gasteiger partial charge in [0.25, 0.3) is 0 Å². The summed E-state index contributed by atoms with van der Waals surface area (Å²) in [6.07, 6.45) is 7.56. The van der Waals surface area contributed by atoms with Crippen molar-refractivity contribution in [3.8, 4) is 5.75 Å². The Morgan fingerprint density at radius 3 is 2.66 bits per heavy atom. The van der Waals surface area contributed by atoms with Gasteiger partial charge in [0.15, 0.2) is 6.10 Å². The number of hydrogen-bond donors (Lipinski definition) is 1. The summed E-state index contributed by atoms with van der Waals surface area (Å²) < 4.78 is 11.9. The monoisotopic (exact) mass is 536 g/mol. The number of nitrogens with zero attached hydrogens (tertiary/aromatic N) is 2. The highest BCUT2D eigenvalue weighted by Crippen LogP contribution is 2.49. The second-order valence-electron chi connectivity index (χ2n) is 10.4. The van der Waals surface area contributed by atoms with E-state index in [4.69, 9.17) is 19.3 Å². The van der Waals surface area contributed by atoms with Gasteiger partial charge < -0.3 is 19.4 Å². The van der Waals surface area contributed by atoms with Gasteiger partial charge in [0, 0.05) is 30.5 Å². The van der Waals surface area contributed by atoms with E-state index in [9.17, 15) is 9.90 Å². The maximum Gasteiger partial charge on any atom is 0.358 e. The van der Waals surface area contributed by atoms with Crippen molar-refractivity contribution in [2.45, 2.75) is 68.6 Å². The molecule has 7 nitrogen and oxygen atoms in total. The first kappa shape index (κ1) is 26.8. The maximum absolute atomic E-state index is 13.1. The number of hydrogen-bond acceptors (Lipinski definition) is 8. The van der Waals surface area contributed by atoms with Crippen LogP contribution in [0.3, 0.4) is 0 Å². The zero-order chi connectivity index (χ0) is 26.4. The number of hydroxylamine groups is 2. The van der Waals surface area contributed by atoms with Gasteiger partial charge >= 0.3 is 5.97 Å². The summed E-state index contributed by atoms with van der Waals surface area (Å²) in [7, 11) is 1.64. The van der Waals surface area contributed by atoms with Gasteiger partial charge in [-0.2, -0.15) is 0 Å². The molecule has 8 heteroatoms. The minimum absolute atomic E-state index is 0.0995. The molecule has 1 aliphatic heterocycles. The quantitative estimate of drug-likeness (QED) is 0.338. The van der Waals surface area contributed by atoms with Crippen LogP contribution in [0.4, 0.5) is 0 Å². The second-order valence-corrected chi connectivity index (χ2v) is 11.4. The van der Waals surface area contributed by atoms with Crippen LogP contribution in [0, 0.1) is 0 Å². The molecule has 38 heavy (non-hydrogen) atoms. The fourth-order valence-corrected chi connectivity index (χ4v) is 6.87. The molecule has 2 atom stereocenters. The van der Waals surface area contributed by atoms with E-state index in [1.807, 2.05) is 35.8 Å². The van der Waals surface area contributed by atoms with Crippen LogP contribution in [0.25, 0.3) is 0 Å². The average Bonchev–Trinajstić information content (AvgIpc) is 3.61. The molecular formula is C30H36N2O5S. The van der Waals surface area contributed by atoms with Crippen LogP contribution in [0.5, 0.6) is 5.75 Å². The minimum Gasteiger partial charge on any atom is -0.496 e. The van der Waals surface area contributed by atoms with Crippen molar-refractivity contribution >= 4 is 17.3 Å². The van der Waals surface area contributed by atoms with E-state index in [-0.39, 0.29) is 11.0 Å². The number of pyridine rings is 1. The zero-order valence-corrected chi connectivity index (χ0v) is 22.7. The third-order valence-corrected chi connectivity index (χ3v) is 8.90. The summed E-state index contributed by atoms with van der Waals surface area (Å²) >= 11 is 1.55. The summed E-state index contributed by atoms with van der Waals surface area (Å²) in [5, 5.41) is 14.3. The standard InChI is InChI=1S/C30H36N2O5S/c1-35-24-12-20-38-25(24)21-32(37-28(34)27(33)23-9-3-2-4-10-23)18-15-29(26-11-5-8-17-31-26)16-19-36-30(22-29)13-6-7-14-30/h2-5,8-12,17,20,27,33H,6-7,13-16,18-19,21-22H2,1H3/t27-,29-/m1/s1. The van der Waals surface area contributed by atoms with E-state index in [0.29, 0.717) is 25.3 Å². The predicted octanol–water partition coefficient (Wildman–Crippen LogP) is 5.60. The van der Waals surface area contributed by atoms with Crippen LogP contribution in [0.2, 0.25) is 0 Å². The molecule has 5 rings (SSSR count). The third-order valence-electron chi connectivity index (χ3n) is 8.01. The number of methoxy groups -OCH3 is 1. The molecular weight excluding hydrogens is 500 g/mol. The highest BCUT2D eigenvalue weighted by Gasteiger charge is 2.48. The van der Waals surface area contributed by atoms with Gasteiger partial charge in [-0.3, -0.25) is 4.98 Å². The first-order valence-electron chi connectivity index (χ1n) is 13.4. The first-order chi connectivity index (χ1) is 18.5. The summed E-state index contributed by atoms with van der Waals surface area (Å²) in [5.74, 6) is 0.0629. The van der Waals surface area contributed by atoms with Gasteiger partial charge in [-0.05, 0) is 61.2 Å². The van der Waals surface area contributed by atoms with E-state index >= 15 is 0 Å². The highest BCUT2D eigenvalue weighted by molar-refractivity contribution is 7.10. The number of rotatable bonds is 10. The van der Waals surface area contributed by atoms with Crippen LogP contribution in [0.15, 0.2) is 66.2 Å². The molecule has 2 aromatic heterocycles. The largest absolute Gasteiger partial charge is 0.496 e. The lowest BCUT2D eigenvalue weighted by atomic mass is 9.68. The Morgan fingerprint density at radius 2 is 1.92 bits per heavy atom. The lowest BCUT2D eigenvalue weighted by Crippen LogP contribution is -2.48. The summed E-state index contributed by atoms with van der Waals surface area (Å²) in [6.45, 7) is 1.55. The molecule has 2 fully saturated rings. The van der Waals surface area contributed by atoms with Gasteiger partial charge in [0.05, 0.1) is 24.1 Å². The van der Waals surface area contributed by atoms with Crippen LogP contribution >= 0.6 is 11.3 Å². The first-order valence-corrected chi connectivity index (χ1v) is 14.3. The molecule has 0 unspecified atom stereocenters. The Bertz CT molecular complexity index is 1180. The molecule has 1 N–H and O–H groups in total. The Balaban J connectivity index is 1.39. The maximum atomic E-state index is 13.1. The van der Waals surface area contributed by atoms with E-state index < -0.39 is 12.1 Å². The number of carbonyl (C=O) groups is 1. The van der Waals surface area contributed by atoms with Gasteiger partial charge in [0.2, 0.25) is 0 Å². The molecule has 1 saturated heterocycles. The van der Waals surface area contributed by atoms with Crippen molar-refractivity contribution in [1.29, 1.82) is 0 Å². The molecule has 202 valence electrons. The van der Waals surface area contributed by atoms with E-state index in [2.05, 4.69) is 6.07 Å². The molecule has 2 aliphatic rings. The number of thiophene rings is 1. The van der Waals surface area contributed by atoms with Crippen LogP contribution < -0.4 is 4.74 Å². The fraction of sp³-hybridized carbons (Fsp3) is 0.467. The van der Waals surface area contributed by atoms with Crippen molar-refractivity contribution < 1.29 is 24.2 Å². The number of benzene rings is 1. The second kappa shape index (κ2) is 11.9. The van der Waals surface area contributed by atoms with E-state index in [0.717, 1.165) is 48.4 Å². The lowest BCUT2D eigenvalue weighted by Gasteiger charge is -2.47. The molecule has 1 saturated carbocycles. The summed E-state index contributed by atoms with van der Waals surface area (Å²) in [6, 6.07) is 16.9. The number of aliphatic hydroxyl groups is 1. The topological polar surface area (TPSA) is 81.1 Å². The molecule has 3 heterocycles. The van der Waals surface area contributed by atoms with Crippen LogP contribution in [0.1, 0.15) is 67.2 Å². The van der Waals surface area contributed by atoms with Crippen molar-refractivity contribution in [3.63, 3.8) is 0 Å². The summed E-state index contributed by atoms with van der Waals surface area (Å²) in [4.78, 5) is 24.7. The van der Waals surface area contributed by atoms with Crippen molar-refractivity contribution in [1.82, 2.24) is 10.0 Å². The number of carbonyl (C=O) groups excluding carboxylic acids is 1. The van der Waals surface area contributed by atoms with E-state index in [1.165, 1.54) is 12.8 Å². The Labute approximate surface area is 228 Å². The van der Waals surface area contributed by atoms with Crippen molar-refractivity contribution in [2.75, 3.05) is 20.3 Å². The van der Waals surface area contributed by atoms with Crippen molar-refractivity contribution in [3.05, 3.63) is 82.3 Å². The minimum atomic E-state index is -1.36. The van der Waals surface area contributed by atoms with Crippen LogP contribution in [-0.4, -0.2) is 47.0 Å². The Morgan fingerprint density at radius 1 is 1.13 bits per heavy atom. The average molecular weight is 537 g/mol. The number of ether oxygens (including phenoxy) is 2. The third kappa shape index (κ3) is 5.94. The zero-order valence-electron chi connectivity index (χ0n) is 21.9. The SMILES string of the molecule is COc1ccsc1CN(CC[C@@]1(c2ccccn2)CCOC2(CCCC2)C1)OC(=O)[C@H](O)c1ccccc1. The van der Waals surface area contributed by atoms with Crippen molar-refractivity contribution in [2.24, 2.45) is 0 Å². The molecule has 1 spiro atoms. The number of aromatic nitrogens is 1. The van der Waals surface area contributed by atoms with Gasteiger partial charge in [-0.1, -0.05) is 49.2 Å². The van der Waals surface area contributed by atoms with Crippen LogP contribution in [-0.2, 0) is 26.3 Å². The molecule has 1 aromatic carbocycles.